The zero-order valence-electron chi connectivity index (χ0n) is 10.8. The normalized spacial score (nSPS) is 9.90. The van der Waals surface area contributed by atoms with Crippen LogP contribution in [0.25, 0.3) is 5.69 Å². The van der Waals surface area contributed by atoms with Crippen molar-refractivity contribution in [3.8, 4) is 5.69 Å². The van der Waals surface area contributed by atoms with Crippen LogP contribution < -0.4 is 5.32 Å². The summed E-state index contributed by atoms with van der Waals surface area (Å²) in [6.45, 7) is 3.46. The highest BCUT2D eigenvalue weighted by Crippen LogP contribution is 2.13. The number of aromatic carboxylic acids is 1. The van der Waals surface area contributed by atoms with Crippen LogP contribution >= 0.6 is 0 Å². The van der Waals surface area contributed by atoms with Crippen LogP contribution in [0.3, 0.4) is 0 Å². The molecule has 1 heterocycles. The van der Waals surface area contributed by atoms with E-state index in [1.165, 1.54) is 22.9 Å². The van der Waals surface area contributed by atoms with E-state index in [0.29, 0.717) is 5.69 Å². The summed E-state index contributed by atoms with van der Waals surface area (Å²) in [5.41, 5.74) is 0.460. The number of carbonyl (C=O) groups is 2. The number of anilines is 1. The topological polar surface area (TPSA) is 119 Å². The van der Waals surface area contributed by atoms with Crippen molar-refractivity contribution in [2.24, 2.45) is 0 Å². The van der Waals surface area contributed by atoms with Gasteiger partial charge in [0.1, 0.15) is 6.61 Å². The van der Waals surface area contributed by atoms with Gasteiger partial charge in [-0.1, -0.05) is 23.8 Å². The van der Waals surface area contributed by atoms with Gasteiger partial charge in [-0.05, 0) is 28.6 Å². The maximum atomic E-state index is 11.4. The largest absolute Gasteiger partial charge is 0.478 e. The summed E-state index contributed by atoms with van der Waals surface area (Å²) in [6.07, 6.45) is 0.666. The molecule has 2 aromatic rings. The molecule has 0 fully saturated rings. The van der Waals surface area contributed by atoms with Crippen LogP contribution in [0.5, 0.6) is 0 Å². The Labute approximate surface area is 118 Å². The lowest BCUT2D eigenvalue weighted by atomic mass is 10.2. The van der Waals surface area contributed by atoms with Gasteiger partial charge >= 0.3 is 12.1 Å². The summed E-state index contributed by atoms with van der Waals surface area (Å²) >= 11 is 0. The van der Waals surface area contributed by atoms with Crippen molar-refractivity contribution >= 4 is 18.0 Å². The van der Waals surface area contributed by atoms with E-state index < -0.39 is 12.1 Å². The van der Waals surface area contributed by atoms with E-state index in [2.05, 4.69) is 27.4 Å². The third-order valence-corrected chi connectivity index (χ3v) is 2.35. The molecule has 1 amide bonds. The van der Waals surface area contributed by atoms with Crippen LogP contribution in [0, 0.1) is 0 Å². The summed E-state index contributed by atoms with van der Waals surface area (Å²) in [5.74, 6) is -1.07. The van der Waals surface area contributed by atoms with Crippen LogP contribution in [0.1, 0.15) is 10.4 Å². The first-order valence-electron chi connectivity index (χ1n) is 5.78. The number of nitrogens with one attached hydrogen (secondary N) is 1. The van der Waals surface area contributed by atoms with Crippen molar-refractivity contribution in [1.29, 1.82) is 0 Å². The fraction of sp³-hybridized carbons (Fsp3) is 0.0833. The van der Waals surface area contributed by atoms with Gasteiger partial charge in [-0.25, -0.2) is 9.59 Å². The number of carbonyl (C=O) groups excluding carboxylic acids is 1. The van der Waals surface area contributed by atoms with Gasteiger partial charge in [-0.2, -0.15) is 4.68 Å². The van der Waals surface area contributed by atoms with Crippen molar-refractivity contribution in [2.75, 3.05) is 11.9 Å². The number of carboxylic acids is 1. The molecule has 0 aliphatic heterocycles. The van der Waals surface area contributed by atoms with E-state index in [-0.39, 0.29) is 18.1 Å². The monoisotopic (exact) mass is 289 g/mol. The minimum absolute atomic E-state index is 0.00611. The second-order valence-electron chi connectivity index (χ2n) is 3.78. The Bertz CT molecular complexity index is 682. The number of hydrogen-bond acceptors (Lipinski definition) is 6. The van der Waals surface area contributed by atoms with Crippen LogP contribution in [-0.4, -0.2) is 44.0 Å². The molecule has 9 nitrogen and oxygen atoms in total. The zero-order valence-corrected chi connectivity index (χ0v) is 10.8. The molecule has 0 unspecified atom stereocenters. The van der Waals surface area contributed by atoms with E-state index in [0.717, 1.165) is 0 Å². The molecular formula is C12H11N5O4. The maximum absolute atomic E-state index is 11.4. The van der Waals surface area contributed by atoms with Gasteiger partial charge in [0.2, 0.25) is 0 Å². The van der Waals surface area contributed by atoms with Crippen LogP contribution in [0.4, 0.5) is 10.7 Å². The lowest BCUT2D eigenvalue weighted by molar-refractivity contribution is 0.0696. The smallest absolute Gasteiger partial charge is 0.414 e. The van der Waals surface area contributed by atoms with Crippen LogP contribution in [0.2, 0.25) is 0 Å². The van der Waals surface area contributed by atoms with Crippen molar-refractivity contribution in [1.82, 2.24) is 20.2 Å². The highest BCUT2D eigenvalue weighted by molar-refractivity contribution is 5.88. The quantitative estimate of drug-likeness (QED) is 0.791. The fourth-order valence-corrected chi connectivity index (χ4v) is 1.47. The van der Waals surface area contributed by atoms with E-state index in [1.807, 2.05) is 0 Å². The van der Waals surface area contributed by atoms with Crippen molar-refractivity contribution in [3.63, 3.8) is 0 Å². The first-order valence-corrected chi connectivity index (χ1v) is 5.78. The number of aromatic nitrogens is 4. The summed E-state index contributed by atoms with van der Waals surface area (Å²) < 4.78 is 5.93. The molecule has 0 aliphatic carbocycles. The van der Waals surface area contributed by atoms with Crippen molar-refractivity contribution < 1.29 is 19.4 Å². The van der Waals surface area contributed by atoms with Gasteiger partial charge in [-0.3, -0.25) is 5.32 Å². The number of amides is 1. The number of hydrogen-bond donors (Lipinski definition) is 2. The third-order valence-electron chi connectivity index (χ3n) is 2.35. The molecule has 2 N–H and O–H groups in total. The number of benzene rings is 1. The Morgan fingerprint density at radius 3 is 3.00 bits per heavy atom. The fourth-order valence-electron chi connectivity index (χ4n) is 1.47. The molecule has 1 aromatic heterocycles. The molecule has 9 heteroatoms. The minimum Gasteiger partial charge on any atom is -0.478 e. The molecular weight excluding hydrogens is 278 g/mol. The average Bonchev–Trinajstić information content (AvgIpc) is 2.93. The summed E-state index contributed by atoms with van der Waals surface area (Å²) in [7, 11) is 0. The van der Waals surface area contributed by atoms with Crippen molar-refractivity contribution in [2.45, 2.75) is 0 Å². The number of nitrogens with zero attached hydrogens (tertiary/aromatic N) is 4. The molecule has 0 saturated carbocycles. The first kappa shape index (κ1) is 14.2. The Morgan fingerprint density at radius 1 is 1.48 bits per heavy atom. The molecule has 0 saturated heterocycles. The minimum atomic E-state index is -1.08. The Balaban J connectivity index is 2.24. The van der Waals surface area contributed by atoms with Crippen LogP contribution in [-0.2, 0) is 4.74 Å². The van der Waals surface area contributed by atoms with Gasteiger partial charge in [0.05, 0.1) is 11.3 Å². The molecule has 0 spiro atoms. The second-order valence-corrected chi connectivity index (χ2v) is 3.78. The third kappa shape index (κ3) is 3.41. The highest BCUT2D eigenvalue weighted by atomic mass is 16.5. The van der Waals surface area contributed by atoms with Gasteiger partial charge in [0.25, 0.3) is 5.95 Å². The standard InChI is InChI=1S/C12H11N5O4/c1-2-6-21-12(20)13-11-14-15-16-17(11)9-5-3-4-8(7-9)10(18)19/h2-5,7H,1,6H2,(H,18,19)(H,13,14,16,20). The van der Waals surface area contributed by atoms with E-state index in [9.17, 15) is 9.59 Å². The predicted octanol–water partition coefficient (Wildman–Crippen LogP) is 1.09. The lowest BCUT2D eigenvalue weighted by Crippen LogP contribution is -2.17. The number of carboxylic acid groups (broad SMARTS) is 1. The van der Waals surface area contributed by atoms with E-state index >= 15 is 0 Å². The van der Waals surface area contributed by atoms with Crippen molar-refractivity contribution in [3.05, 3.63) is 42.5 Å². The Hall–Kier alpha value is -3.23. The van der Waals surface area contributed by atoms with Gasteiger partial charge in [0, 0.05) is 0 Å². The SMILES string of the molecule is C=CCOC(=O)Nc1nnnn1-c1cccc(C(=O)O)c1. The molecule has 0 atom stereocenters. The summed E-state index contributed by atoms with van der Waals surface area (Å²) in [6, 6.07) is 5.95. The number of ether oxygens (including phenoxy) is 1. The molecule has 0 radical (unpaired) electrons. The van der Waals surface area contributed by atoms with Crippen LogP contribution in [0.15, 0.2) is 36.9 Å². The number of rotatable bonds is 5. The molecule has 0 aliphatic rings. The Kier molecular flexibility index (Phi) is 4.24. The predicted molar refractivity (Wildman–Crippen MR) is 71.3 cm³/mol. The van der Waals surface area contributed by atoms with Gasteiger partial charge in [-0.15, -0.1) is 0 Å². The van der Waals surface area contributed by atoms with Gasteiger partial charge < -0.3 is 9.84 Å². The molecule has 21 heavy (non-hydrogen) atoms. The maximum Gasteiger partial charge on any atom is 0.414 e. The first-order chi connectivity index (χ1) is 10.1. The van der Waals surface area contributed by atoms with Gasteiger partial charge in [0.15, 0.2) is 0 Å². The average molecular weight is 289 g/mol. The molecule has 1 aromatic carbocycles. The summed E-state index contributed by atoms with van der Waals surface area (Å²) in [4.78, 5) is 22.4. The van der Waals surface area contributed by atoms with E-state index in [1.54, 1.807) is 12.1 Å². The lowest BCUT2D eigenvalue weighted by Gasteiger charge is -2.06. The zero-order chi connectivity index (χ0) is 15.2. The Morgan fingerprint density at radius 2 is 2.29 bits per heavy atom. The highest BCUT2D eigenvalue weighted by Gasteiger charge is 2.13. The second kappa shape index (κ2) is 6.28. The van der Waals surface area contributed by atoms with E-state index in [4.69, 9.17) is 9.84 Å². The number of tetrazole rings is 1. The molecule has 0 bridgehead atoms. The molecule has 2 rings (SSSR count). The molecule has 108 valence electrons. The summed E-state index contributed by atoms with van der Waals surface area (Å²) in [5, 5.41) is 22.1.